The van der Waals surface area contributed by atoms with Crippen molar-refractivity contribution in [2.45, 2.75) is 31.8 Å². The van der Waals surface area contributed by atoms with Gasteiger partial charge in [-0.3, -0.25) is 19.2 Å². The molecule has 0 saturated carbocycles. The summed E-state index contributed by atoms with van der Waals surface area (Å²) in [5.74, 6) is -0.0357. The van der Waals surface area contributed by atoms with Crippen molar-refractivity contribution in [2.75, 3.05) is 28.4 Å². The van der Waals surface area contributed by atoms with Gasteiger partial charge in [-0.05, 0) is 102 Å². The van der Waals surface area contributed by atoms with E-state index in [4.69, 9.17) is 18.9 Å². The predicted molar refractivity (Wildman–Crippen MR) is 204 cm³/mol. The van der Waals surface area contributed by atoms with E-state index in [2.05, 4.69) is 0 Å². The molecule has 12 heteroatoms. The molecule has 0 amide bonds. The zero-order valence-electron chi connectivity index (χ0n) is 30.4. The zero-order valence-corrected chi connectivity index (χ0v) is 30.4. The van der Waals surface area contributed by atoms with Gasteiger partial charge in [0.05, 0.1) is 34.2 Å². The molecule has 284 valence electrons. The van der Waals surface area contributed by atoms with E-state index < -0.39 is 0 Å². The lowest BCUT2D eigenvalue weighted by molar-refractivity contribution is -0.123. The van der Waals surface area contributed by atoms with Gasteiger partial charge in [-0.25, -0.2) is 0 Å². The van der Waals surface area contributed by atoms with Crippen LogP contribution in [0, 0.1) is 5.92 Å². The van der Waals surface area contributed by atoms with Gasteiger partial charge in [-0.15, -0.1) is 0 Å². The molecule has 2 unspecified atom stereocenters. The second kappa shape index (κ2) is 21.2. The smallest absolute Gasteiger partial charge is 0.163 e. The fourth-order valence-corrected chi connectivity index (χ4v) is 5.05. The first-order valence-electron chi connectivity index (χ1n) is 16.7. The van der Waals surface area contributed by atoms with E-state index in [-0.39, 0.29) is 71.0 Å². The maximum absolute atomic E-state index is 12.0. The van der Waals surface area contributed by atoms with Crippen LogP contribution in [0.3, 0.4) is 0 Å². The predicted octanol–water partition coefficient (Wildman–Crippen LogP) is 6.74. The Balaban J connectivity index is 0.000000290. The Morgan fingerprint density at radius 1 is 0.593 bits per heavy atom. The second-order valence-corrected chi connectivity index (χ2v) is 12.0. The van der Waals surface area contributed by atoms with Gasteiger partial charge in [0.25, 0.3) is 0 Å². The summed E-state index contributed by atoms with van der Waals surface area (Å²) < 4.78 is 20.2. The molecule has 0 aromatic heterocycles. The van der Waals surface area contributed by atoms with Crippen LogP contribution in [-0.4, -0.2) is 78.1 Å². The van der Waals surface area contributed by atoms with Crippen molar-refractivity contribution in [1.82, 2.24) is 0 Å². The van der Waals surface area contributed by atoms with Gasteiger partial charge >= 0.3 is 0 Å². The Hall–Kier alpha value is -6.40. The summed E-state index contributed by atoms with van der Waals surface area (Å²) >= 11 is 0. The van der Waals surface area contributed by atoms with E-state index in [0.29, 0.717) is 46.8 Å². The fourth-order valence-electron chi connectivity index (χ4n) is 5.05. The summed E-state index contributed by atoms with van der Waals surface area (Å²) in [6, 6.07) is 14.0. The van der Waals surface area contributed by atoms with Crippen molar-refractivity contribution in [3.63, 3.8) is 0 Å². The van der Waals surface area contributed by atoms with Gasteiger partial charge in [0.2, 0.25) is 0 Å². The molecule has 0 fully saturated rings. The minimum atomic E-state index is -0.352. The van der Waals surface area contributed by atoms with Crippen LogP contribution < -0.4 is 14.2 Å². The Morgan fingerprint density at radius 2 is 0.963 bits per heavy atom. The average molecular weight is 741 g/mol. The number of ether oxygens (including phenoxy) is 4. The lowest BCUT2D eigenvalue weighted by Crippen LogP contribution is -2.21. The average Bonchev–Trinajstić information content (AvgIpc) is 3.16. The summed E-state index contributed by atoms with van der Waals surface area (Å²) in [6.07, 6.45) is 13.9. The Morgan fingerprint density at radius 3 is 1.31 bits per heavy atom. The number of rotatable bonds is 16. The molecule has 4 rings (SSSR count). The fraction of sp³-hybridized carbons (Fsp3) is 0.238. The van der Waals surface area contributed by atoms with Crippen LogP contribution >= 0.6 is 0 Å². The second-order valence-electron chi connectivity index (χ2n) is 12.0. The normalized spacial score (nSPS) is 15.5. The number of hydrogen-bond donors (Lipinski definition) is 4. The molecular weight excluding hydrogens is 696 g/mol. The number of aliphatic hydroxyl groups excluding tert-OH is 1. The van der Waals surface area contributed by atoms with Crippen LogP contribution in [-0.2, 0) is 23.9 Å². The molecule has 1 aliphatic carbocycles. The van der Waals surface area contributed by atoms with Crippen LogP contribution in [0.15, 0.2) is 96.8 Å². The third-order valence-corrected chi connectivity index (χ3v) is 8.01. The molecule has 3 aromatic carbocycles. The van der Waals surface area contributed by atoms with E-state index >= 15 is 0 Å². The number of carbonyl (C=O) groups is 4. The van der Waals surface area contributed by atoms with Crippen LogP contribution in [0.1, 0.15) is 42.4 Å². The van der Waals surface area contributed by atoms with Crippen molar-refractivity contribution in [2.24, 2.45) is 5.92 Å². The number of ketones is 4. The minimum absolute atomic E-state index is 0.00662. The summed E-state index contributed by atoms with van der Waals surface area (Å²) in [7, 11) is 5.84. The van der Waals surface area contributed by atoms with Gasteiger partial charge in [0, 0.05) is 7.11 Å². The third kappa shape index (κ3) is 13.6. The molecule has 0 saturated heterocycles. The quantitative estimate of drug-likeness (QED) is 0.0897. The van der Waals surface area contributed by atoms with Gasteiger partial charge in [0.1, 0.15) is 11.9 Å². The first-order valence-corrected chi connectivity index (χ1v) is 16.7. The molecule has 2 atom stereocenters. The molecule has 0 heterocycles. The number of carbonyl (C=O) groups excluding carboxylic acids is 4. The standard InChI is InChI=1S/C21H24O6.C21H20O6/c2*1-26-20-11-14(5-9-18(20)24)3-7-16(22)13-17(23)8-4-15-6-10-19(25)21(12-15)27-2/h3-5,7-11,15,21,24-25H,6,12-13H2,1-2H3;3-12,24-25H,13H2,1-2H3/b2*7-3+,8-4+. The Bertz CT molecular complexity index is 1880. The number of phenolic OH excluding ortho intramolecular Hbond substituents is 3. The molecular formula is C42H44O12. The lowest BCUT2D eigenvalue weighted by Gasteiger charge is -2.23. The van der Waals surface area contributed by atoms with E-state index in [1.807, 2.05) is 0 Å². The van der Waals surface area contributed by atoms with Gasteiger partial charge in [-0.2, -0.15) is 0 Å². The monoisotopic (exact) mass is 740 g/mol. The molecule has 0 bridgehead atoms. The SMILES string of the molecule is COc1cc(/C=C/C(=O)CC(=O)/C=C/C2CC=C(O)C(OC)C2)ccc1O.COc1cc(/C=C/C(=O)CC(=O)/C=C/c2ccc(O)c(OC)c2)ccc1O. The van der Waals surface area contributed by atoms with E-state index in [1.165, 1.54) is 70.9 Å². The van der Waals surface area contributed by atoms with Crippen molar-refractivity contribution >= 4 is 41.4 Å². The largest absolute Gasteiger partial charge is 0.510 e. The molecule has 0 spiro atoms. The summed E-state index contributed by atoms with van der Waals surface area (Å²) in [5.41, 5.74) is 2.01. The summed E-state index contributed by atoms with van der Waals surface area (Å²) in [4.78, 5) is 47.8. The number of allylic oxidation sites excluding steroid dienone is 6. The molecule has 4 N–H and O–H groups in total. The van der Waals surface area contributed by atoms with E-state index in [1.54, 1.807) is 66.8 Å². The maximum Gasteiger partial charge on any atom is 0.163 e. The van der Waals surface area contributed by atoms with Crippen LogP contribution in [0.5, 0.6) is 34.5 Å². The molecule has 12 nitrogen and oxygen atoms in total. The Labute approximate surface area is 313 Å². The molecule has 1 aliphatic rings. The summed E-state index contributed by atoms with van der Waals surface area (Å²) in [5, 5.41) is 38.3. The maximum atomic E-state index is 12.0. The minimum Gasteiger partial charge on any atom is -0.510 e. The number of benzene rings is 3. The number of methoxy groups -OCH3 is 4. The number of phenols is 3. The lowest BCUT2D eigenvalue weighted by atomic mass is 9.90. The topological polar surface area (TPSA) is 186 Å². The van der Waals surface area contributed by atoms with Crippen LogP contribution in [0.4, 0.5) is 0 Å². The van der Waals surface area contributed by atoms with Gasteiger partial charge in [0.15, 0.2) is 57.6 Å². The summed E-state index contributed by atoms with van der Waals surface area (Å²) in [6.45, 7) is 0. The zero-order chi connectivity index (χ0) is 39.6. The highest BCUT2D eigenvalue weighted by Gasteiger charge is 2.22. The molecule has 54 heavy (non-hydrogen) atoms. The first-order chi connectivity index (χ1) is 25.8. The highest BCUT2D eigenvalue weighted by molar-refractivity contribution is 6.11. The number of hydrogen-bond acceptors (Lipinski definition) is 12. The Kier molecular flexibility index (Phi) is 16.5. The molecule has 0 aliphatic heterocycles. The molecule has 0 radical (unpaired) electrons. The highest BCUT2D eigenvalue weighted by atomic mass is 16.5. The van der Waals surface area contributed by atoms with Crippen molar-refractivity contribution in [3.8, 4) is 34.5 Å². The van der Waals surface area contributed by atoms with Gasteiger partial charge < -0.3 is 39.4 Å². The van der Waals surface area contributed by atoms with E-state index in [9.17, 15) is 39.6 Å². The van der Waals surface area contributed by atoms with Gasteiger partial charge in [-0.1, -0.05) is 42.5 Å². The van der Waals surface area contributed by atoms with Crippen LogP contribution in [0.25, 0.3) is 18.2 Å². The van der Waals surface area contributed by atoms with E-state index in [0.717, 1.165) is 0 Å². The number of aromatic hydroxyl groups is 3. The van der Waals surface area contributed by atoms with Crippen molar-refractivity contribution < 1.29 is 58.6 Å². The van der Waals surface area contributed by atoms with Crippen LogP contribution in [0.2, 0.25) is 0 Å². The third-order valence-electron chi connectivity index (χ3n) is 8.01. The molecule has 3 aromatic rings. The van der Waals surface area contributed by atoms with Crippen molar-refractivity contribution in [3.05, 3.63) is 114 Å². The van der Waals surface area contributed by atoms with Crippen molar-refractivity contribution in [1.29, 1.82) is 0 Å². The first kappa shape index (κ1) is 42.0. The highest BCUT2D eigenvalue weighted by Crippen LogP contribution is 2.29. The number of aliphatic hydroxyl groups is 1.